The van der Waals surface area contributed by atoms with E-state index >= 15 is 0 Å². The van der Waals surface area contributed by atoms with E-state index in [0.29, 0.717) is 90.3 Å². The van der Waals surface area contributed by atoms with Gasteiger partial charge in [-0.2, -0.15) is 0 Å². The molecule has 518 valence electrons. The van der Waals surface area contributed by atoms with Crippen molar-refractivity contribution in [2.24, 2.45) is 32.8 Å². The number of carbonyl (C=O) groups excluding carboxylic acids is 10. The average Bonchev–Trinajstić information content (AvgIpc) is 1.63. The molecule has 0 bridgehead atoms. The van der Waals surface area contributed by atoms with Crippen molar-refractivity contribution >= 4 is 105 Å². The lowest BCUT2D eigenvalue weighted by Gasteiger charge is -2.36. The summed E-state index contributed by atoms with van der Waals surface area (Å²) in [6.07, 6.45) is 8.94. The van der Waals surface area contributed by atoms with Crippen LogP contribution in [0.15, 0.2) is 97.1 Å². The molecule has 10 fully saturated rings. The average molecular weight is 1350 g/mol. The van der Waals surface area contributed by atoms with Crippen molar-refractivity contribution in [3.05, 3.63) is 137 Å². The fourth-order valence-corrected chi connectivity index (χ4v) is 15.2. The number of benzene rings is 4. The SMILES string of the molecule is CCN1CCC2(CC1)CC(=O)OC2=O.CN1CCC2(CC1)CC(=O)N(c1ccc(C(=N)N)cc1)C2=O.[C-]#[N+]c1ccc(N2C(=O)CC3(CCN(C)CC3)C2=O)cc1.[C-]#[N+]c1ccc(N2C(=O)CC3(CCN(CC)CC3)C2=O)cc1.[C-]#[N+]c1ccc(N2C(=O)CC3(CCNCC3)C2=O)cc1. The number of esters is 2. The van der Waals surface area contributed by atoms with Gasteiger partial charge in [0.25, 0.3) is 0 Å². The zero-order chi connectivity index (χ0) is 71.0. The highest BCUT2D eigenvalue weighted by Crippen LogP contribution is 2.48. The number of ether oxygens (including phenoxy) is 1. The first-order valence-electron chi connectivity index (χ1n) is 34.0. The first-order valence-corrected chi connectivity index (χ1v) is 34.0. The number of cyclic esters (lactones) is 2. The predicted octanol–water partition coefficient (Wildman–Crippen LogP) is 8.19. The van der Waals surface area contributed by atoms with E-state index in [1.165, 1.54) is 19.6 Å². The molecule has 4 aromatic carbocycles. The Morgan fingerprint density at radius 3 is 0.960 bits per heavy atom. The number of nitrogens with one attached hydrogen (secondary N) is 2. The Bertz CT molecular complexity index is 3910. The van der Waals surface area contributed by atoms with E-state index < -0.39 is 27.1 Å². The zero-order valence-electron chi connectivity index (χ0n) is 56.8. The van der Waals surface area contributed by atoms with Gasteiger partial charge in [0.15, 0.2) is 17.1 Å². The molecule has 99 heavy (non-hydrogen) atoms. The third kappa shape index (κ3) is 15.0. The van der Waals surface area contributed by atoms with E-state index in [1.54, 1.807) is 97.1 Å². The molecule has 0 aliphatic carbocycles. The van der Waals surface area contributed by atoms with Gasteiger partial charge in [-0.15, -0.1) is 0 Å². The Kier molecular flexibility index (Phi) is 22.0. The summed E-state index contributed by atoms with van der Waals surface area (Å²) in [4.78, 5) is 147. The molecule has 8 amide bonds. The number of piperidine rings is 5. The number of nitrogens with two attached hydrogens (primary N) is 1. The van der Waals surface area contributed by atoms with Crippen LogP contribution >= 0.6 is 0 Å². The van der Waals surface area contributed by atoms with E-state index in [4.69, 9.17) is 30.9 Å². The van der Waals surface area contributed by atoms with Gasteiger partial charge in [-0.1, -0.05) is 50.2 Å². The van der Waals surface area contributed by atoms with Gasteiger partial charge < -0.3 is 35.4 Å². The fraction of sp³-hybridized carbons (Fsp3) is 0.486. The molecule has 0 radical (unpaired) electrons. The lowest BCUT2D eigenvalue weighted by molar-refractivity contribution is -0.156. The van der Waals surface area contributed by atoms with Crippen molar-refractivity contribution in [3.8, 4) is 0 Å². The van der Waals surface area contributed by atoms with Crippen LogP contribution in [-0.2, 0) is 52.7 Å². The van der Waals surface area contributed by atoms with Crippen LogP contribution in [0, 0.1) is 52.2 Å². The van der Waals surface area contributed by atoms with E-state index in [9.17, 15) is 47.9 Å². The molecular weight excluding hydrogens is 1260 g/mol. The third-order valence-corrected chi connectivity index (χ3v) is 21.8. The molecule has 25 heteroatoms. The van der Waals surface area contributed by atoms with Gasteiger partial charge in [0, 0.05) is 48.3 Å². The number of hydrogen-bond acceptors (Lipinski definition) is 17. The number of amidine groups is 1. The molecule has 4 aromatic rings. The van der Waals surface area contributed by atoms with Gasteiger partial charge in [-0.05, 0) is 218 Å². The van der Waals surface area contributed by atoms with Crippen LogP contribution in [0.1, 0.15) is 116 Å². The van der Waals surface area contributed by atoms with Gasteiger partial charge >= 0.3 is 11.9 Å². The minimum atomic E-state index is -0.525. The number of carbonyl (C=O) groups is 10. The Morgan fingerprint density at radius 1 is 0.424 bits per heavy atom. The summed E-state index contributed by atoms with van der Waals surface area (Å²) in [6.45, 7) is 35.6. The molecule has 0 aromatic heterocycles. The molecule has 10 saturated heterocycles. The summed E-state index contributed by atoms with van der Waals surface area (Å²) in [5.74, 6) is -1.49. The largest absolute Gasteiger partial charge is 0.393 e. The van der Waals surface area contributed by atoms with Crippen molar-refractivity contribution in [1.82, 2.24) is 24.9 Å². The van der Waals surface area contributed by atoms with Crippen molar-refractivity contribution in [1.29, 1.82) is 5.41 Å². The van der Waals surface area contributed by atoms with E-state index in [-0.39, 0.29) is 65.0 Å². The summed E-state index contributed by atoms with van der Waals surface area (Å²) in [5, 5.41) is 10.6. The number of amides is 8. The summed E-state index contributed by atoms with van der Waals surface area (Å²) in [5.41, 5.74) is 7.29. The second-order valence-electron chi connectivity index (χ2n) is 27.8. The fourth-order valence-electron chi connectivity index (χ4n) is 15.2. The maximum absolute atomic E-state index is 12.9. The van der Waals surface area contributed by atoms with E-state index in [1.807, 2.05) is 14.1 Å². The molecule has 25 nitrogen and oxygen atoms in total. The van der Waals surface area contributed by atoms with Gasteiger partial charge in [-0.3, -0.25) is 73.0 Å². The normalized spacial score (nSPS) is 22.3. The Balaban J connectivity index is 0.000000135. The number of rotatable bonds is 7. The quantitative estimate of drug-likeness (QED) is 0.0392. The molecule has 10 aliphatic heterocycles. The van der Waals surface area contributed by atoms with E-state index in [2.05, 4.69) is 58.0 Å². The molecule has 5 spiro atoms. The van der Waals surface area contributed by atoms with E-state index in [0.717, 1.165) is 130 Å². The smallest absolute Gasteiger partial charge is 0.320 e. The van der Waals surface area contributed by atoms with Gasteiger partial charge in [0.1, 0.15) is 5.84 Å². The van der Waals surface area contributed by atoms with Crippen molar-refractivity contribution < 1.29 is 52.7 Å². The molecule has 10 heterocycles. The van der Waals surface area contributed by atoms with Gasteiger partial charge in [0.05, 0.1) is 58.9 Å². The molecule has 0 unspecified atom stereocenters. The molecule has 4 N–H and O–H groups in total. The van der Waals surface area contributed by atoms with Crippen LogP contribution in [0.2, 0.25) is 0 Å². The van der Waals surface area contributed by atoms with Crippen molar-refractivity contribution in [3.63, 3.8) is 0 Å². The number of imide groups is 4. The minimum Gasteiger partial charge on any atom is -0.393 e. The highest BCUT2D eigenvalue weighted by molar-refractivity contribution is 6.25. The zero-order valence-corrected chi connectivity index (χ0v) is 56.8. The summed E-state index contributed by atoms with van der Waals surface area (Å²) in [7, 11) is 4.07. The first-order chi connectivity index (χ1) is 47.4. The molecule has 0 saturated carbocycles. The number of hydrogen-bond donors (Lipinski definition) is 3. The van der Waals surface area contributed by atoms with Crippen LogP contribution in [0.4, 0.5) is 39.8 Å². The van der Waals surface area contributed by atoms with Gasteiger partial charge in [0.2, 0.25) is 47.3 Å². The Morgan fingerprint density at radius 2 is 0.697 bits per heavy atom. The highest BCUT2D eigenvalue weighted by atomic mass is 16.6. The van der Waals surface area contributed by atoms with Crippen LogP contribution in [0.3, 0.4) is 0 Å². The highest BCUT2D eigenvalue weighted by Gasteiger charge is 2.57. The first kappa shape index (κ1) is 72.1. The minimum absolute atomic E-state index is 0.0302. The van der Waals surface area contributed by atoms with Crippen molar-refractivity contribution in [2.45, 2.75) is 110 Å². The monoisotopic (exact) mass is 1350 g/mol. The summed E-state index contributed by atoms with van der Waals surface area (Å²) < 4.78 is 4.63. The second kappa shape index (κ2) is 30.2. The maximum atomic E-state index is 12.9. The number of anilines is 4. The summed E-state index contributed by atoms with van der Waals surface area (Å²) in [6, 6.07) is 26.6. The Labute approximate surface area is 577 Å². The number of nitrogen functional groups attached to an aromatic ring is 1. The Hall–Kier alpha value is -9.68. The van der Waals surface area contributed by atoms with Crippen LogP contribution in [-0.4, -0.2) is 177 Å². The molecule has 0 atom stereocenters. The second-order valence-corrected chi connectivity index (χ2v) is 27.8. The predicted molar refractivity (Wildman–Crippen MR) is 370 cm³/mol. The van der Waals surface area contributed by atoms with Gasteiger partial charge in [-0.25, -0.2) is 14.5 Å². The van der Waals surface area contributed by atoms with Crippen LogP contribution < -0.4 is 30.7 Å². The van der Waals surface area contributed by atoms with Crippen LogP contribution in [0.25, 0.3) is 14.5 Å². The lowest BCUT2D eigenvalue weighted by Crippen LogP contribution is -2.44. The molecular formula is C74H86N14O11. The number of likely N-dealkylation sites (tertiary alicyclic amines) is 4. The molecule has 10 aliphatic rings. The topological polar surface area (TPSA) is 281 Å². The molecule has 14 rings (SSSR count). The lowest BCUT2D eigenvalue weighted by atomic mass is 9.77. The standard InChI is InChI=1S/C17H19N3O2.C16H20N4O2.C16H17N3O2.C15H15N3O2.C10H15NO3/c1-3-19-10-8-17(9-11-19)12-15(21)20(16(17)22)14-6-4-13(18-2)5-7-14;1-19-8-6-16(7-9-19)10-13(21)20(15(16)22)12-4-2-11(3-5-12)14(17)18;1-17-12-3-5-13(6-4-12)19-14(20)11-16(15(19)21)7-9-18(2)10-8-16;1-16-11-2-4-12(5-3-11)18-13(19)10-15(14(18)20)6-8-17-9-7-15;1-2-11-5-3-10(4-6-11)7-8(12)14-9(10)13/h4-7H,3,8-12H2,1H3;2-5H,6-10H2,1H3,(H3,17,18);3-6H,7-11H2,2H3;2-5,17H,6-10H2;2-7H2,1H3. The maximum Gasteiger partial charge on any atom is 0.320 e. The summed E-state index contributed by atoms with van der Waals surface area (Å²) >= 11 is 0. The van der Waals surface area contributed by atoms with Crippen LogP contribution in [0.5, 0.6) is 0 Å². The van der Waals surface area contributed by atoms with Crippen molar-refractivity contribution in [2.75, 3.05) is 112 Å². The third-order valence-electron chi connectivity index (χ3n) is 21.8. The number of nitrogens with zero attached hydrogens (tertiary/aromatic N) is 11.